The molecule has 0 aromatic heterocycles. The second kappa shape index (κ2) is 6.36. The van der Waals surface area contributed by atoms with Crippen molar-refractivity contribution in [1.82, 2.24) is 0 Å². The Hall–Kier alpha value is -0.850. The van der Waals surface area contributed by atoms with Gasteiger partial charge in [-0.2, -0.15) is 13.2 Å². The molecule has 0 amide bonds. The smallest absolute Gasteiger partial charge is 0.391 e. The molecule has 0 aliphatic heterocycles. The number of aliphatic hydroxyl groups excluding tert-OH is 1. The van der Waals surface area contributed by atoms with Crippen molar-refractivity contribution in [3.05, 3.63) is 35.1 Å². The van der Waals surface area contributed by atoms with Crippen LogP contribution in [0.4, 0.5) is 17.6 Å². The number of nitrogens with two attached hydrogens (primary N) is 1. The molecule has 0 heterocycles. The zero-order valence-corrected chi connectivity index (χ0v) is 10.4. The minimum atomic E-state index is -4.69. The molecule has 3 N–H and O–H groups in total. The van der Waals surface area contributed by atoms with Gasteiger partial charge in [0.05, 0.1) is 17.7 Å². The monoisotopic (exact) mass is 287 g/mol. The van der Waals surface area contributed by atoms with Crippen LogP contribution in [0.15, 0.2) is 18.2 Å². The predicted octanol–water partition coefficient (Wildman–Crippen LogP) is 3.04. The fourth-order valence-corrected chi connectivity index (χ4v) is 1.57. The maximum absolute atomic E-state index is 13.4. The summed E-state index contributed by atoms with van der Waals surface area (Å²) in [7, 11) is 0. The van der Waals surface area contributed by atoms with Crippen molar-refractivity contribution in [2.24, 2.45) is 5.73 Å². The van der Waals surface area contributed by atoms with E-state index in [0.717, 1.165) is 18.2 Å². The largest absolute Gasteiger partial charge is 0.416 e. The van der Waals surface area contributed by atoms with Gasteiger partial charge in [0.25, 0.3) is 0 Å². The van der Waals surface area contributed by atoms with Gasteiger partial charge in [-0.05, 0) is 18.6 Å². The molecule has 0 saturated carbocycles. The standard InChI is InChI=1S/C11H13F4NO.ClH/c1-2-8(17)10(16)9-6(11(13,14)15)4-3-5-7(9)12;/h3-5,8,10,17H,2,16H2,1H3;1H/t8-,10-;/m0./s1. The van der Waals surface area contributed by atoms with Crippen LogP contribution in [0, 0.1) is 5.82 Å². The zero-order valence-electron chi connectivity index (χ0n) is 9.54. The fourth-order valence-electron chi connectivity index (χ4n) is 1.57. The van der Waals surface area contributed by atoms with Crippen molar-refractivity contribution in [1.29, 1.82) is 0 Å². The lowest BCUT2D eigenvalue weighted by Crippen LogP contribution is -2.29. The highest BCUT2D eigenvalue weighted by molar-refractivity contribution is 5.85. The zero-order chi connectivity index (χ0) is 13.2. The van der Waals surface area contributed by atoms with Crippen LogP contribution in [0.25, 0.3) is 0 Å². The molecule has 0 radical (unpaired) electrons. The van der Waals surface area contributed by atoms with Crippen molar-refractivity contribution in [3.8, 4) is 0 Å². The molecule has 0 unspecified atom stereocenters. The summed E-state index contributed by atoms with van der Waals surface area (Å²) in [6, 6.07) is 1.22. The van der Waals surface area contributed by atoms with Crippen LogP contribution in [0.3, 0.4) is 0 Å². The third-order valence-corrected chi connectivity index (χ3v) is 2.52. The van der Waals surface area contributed by atoms with E-state index in [1.54, 1.807) is 6.92 Å². The molecule has 2 nitrogen and oxygen atoms in total. The Morgan fingerprint density at radius 3 is 2.33 bits per heavy atom. The van der Waals surface area contributed by atoms with E-state index in [9.17, 15) is 22.7 Å². The lowest BCUT2D eigenvalue weighted by atomic mass is 9.95. The molecule has 1 aromatic rings. The van der Waals surface area contributed by atoms with Crippen LogP contribution in [0.5, 0.6) is 0 Å². The summed E-state index contributed by atoms with van der Waals surface area (Å²) in [6.07, 6.45) is -5.76. The molecule has 1 rings (SSSR count). The Kier molecular flexibility index (Phi) is 6.06. The number of halogens is 5. The molecule has 7 heteroatoms. The number of alkyl halides is 3. The van der Waals surface area contributed by atoms with E-state index < -0.39 is 35.3 Å². The SMILES string of the molecule is CC[C@H](O)[C@H](N)c1c(F)cccc1C(F)(F)F.Cl. The van der Waals surface area contributed by atoms with E-state index in [4.69, 9.17) is 5.73 Å². The van der Waals surface area contributed by atoms with Gasteiger partial charge in [-0.15, -0.1) is 12.4 Å². The van der Waals surface area contributed by atoms with Gasteiger partial charge in [0.2, 0.25) is 0 Å². The van der Waals surface area contributed by atoms with E-state index in [2.05, 4.69) is 0 Å². The molecule has 0 bridgehead atoms. The maximum atomic E-state index is 13.4. The van der Waals surface area contributed by atoms with Crippen molar-refractivity contribution < 1.29 is 22.7 Å². The molecule has 0 aliphatic rings. The number of hydrogen-bond acceptors (Lipinski definition) is 2. The van der Waals surface area contributed by atoms with Gasteiger partial charge in [-0.3, -0.25) is 0 Å². The second-order valence-electron chi connectivity index (χ2n) is 3.70. The van der Waals surface area contributed by atoms with Crippen LogP contribution in [-0.2, 0) is 6.18 Å². The highest BCUT2D eigenvalue weighted by Gasteiger charge is 2.37. The van der Waals surface area contributed by atoms with E-state index in [1.807, 2.05) is 0 Å². The number of hydrogen-bond donors (Lipinski definition) is 2. The van der Waals surface area contributed by atoms with Crippen molar-refractivity contribution >= 4 is 12.4 Å². The Morgan fingerprint density at radius 1 is 1.33 bits per heavy atom. The Labute approximate surface area is 108 Å². The van der Waals surface area contributed by atoms with E-state index >= 15 is 0 Å². The Morgan fingerprint density at radius 2 is 1.89 bits per heavy atom. The van der Waals surface area contributed by atoms with Crippen LogP contribution in [-0.4, -0.2) is 11.2 Å². The molecule has 0 aliphatic carbocycles. The van der Waals surface area contributed by atoms with Crippen LogP contribution in [0.2, 0.25) is 0 Å². The third-order valence-electron chi connectivity index (χ3n) is 2.52. The summed E-state index contributed by atoms with van der Waals surface area (Å²) in [6.45, 7) is 1.55. The number of aliphatic hydroxyl groups is 1. The summed E-state index contributed by atoms with van der Waals surface area (Å²) in [5.41, 5.74) is 3.63. The van der Waals surface area contributed by atoms with Gasteiger partial charge >= 0.3 is 6.18 Å². The molecule has 1 aromatic carbocycles. The van der Waals surface area contributed by atoms with E-state index in [1.165, 1.54) is 0 Å². The highest BCUT2D eigenvalue weighted by atomic mass is 35.5. The molecule has 104 valence electrons. The summed E-state index contributed by atoms with van der Waals surface area (Å²) in [5.74, 6) is -1.06. The first-order chi connectivity index (χ1) is 7.79. The van der Waals surface area contributed by atoms with Gasteiger partial charge in [0.1, 0.15) is 5.82 Å². The van der Waals surface area contributed by atoms with Crippen molar-refractivity contribution in [2.45, 2.75) is 31.7 Å². The molecule has 0 fully saturated rings. The van der Waals surface area contributed by atoms with Gasteiger partial charge in [0, 0.05) is 5.56 Å². The molecular weight excluding hydrogens is 274 g/mol. The Bertz CT molecular complexity index is 397. The van der Waals surface area contributed by atoms with Crippen molar-refractivity contribution in [2.75, 3.05) is 0 Å². The minimum Gasteiger partial charge on any atom is -0.391 e. The average molecular weight is 288 g/mol. The summed E-state index contributed by atoms with van der Waals surface area (Å²) < 4.78 is 51.4. The highest BCUT2D eigenvalue weighted by Crippen LogP contribution is 2.36. The molecular formula is C11H14ClF4NO. The van der Waals surface area contributed by atoms with Crippen molar-refractivity contribution in [3.63, 3.8) is 0 Å². The van der Waals surface area contributed by atoms with E-state index in [-0.39, 0.29) is 18.8 Å². The topological polar surface area (TPSA) is 46.2 Å². The van der Waals surface area contributed by atoms with Gasteiger partial charge in [-0.1, -0.05) is 13.0 Å². The van der Waals surface area contributed by atoms with Gasteiger partial charge in [-0.25, -0.2) is 4.39 Å². The third kappa shape index (κ3) is 3.57. The summed E-state index contributed by atoms with van der Waals surface area (Å²) in [5, 5.41) is 9.44. The van der Waals surface area contributed by atoms with E-state index in [0.29, 0.717) is 0 Å². The molecule has 2 atom stereocenters. The lowest BCUT2D eigenvalue weighted by molar-refractivity contribution is -0.138. The van der Waals surface area contributed by atoms with Crippen LogP contribution < -0.4 is 5.73 Å². The fraction of sp³-hybridized carbons (Fsp3) is 0.455. The number of rotatable bonds is 3. The Balaban J connectivity index is 0.00000289. The molecule has 0 spiro atoms. The first-order valence-electron chi connectivity index (χ1n) is 5.08. The second-order valence-corrected chi connectivity index (χ2v) is 3.70. The maximum Gasteiger partial charge on any atom is 0.416 e. The first kappa shape index (κ1) is 17.2. The predicted molar refractivity (Wildman–Crippen MR) is 61.9 cm³/mol. The van der Waals surface area contributed by atoms with Gasteiger partial charge in [0.15, 0.2) is 0 Å². The summed E-state index contributed by atoms with van der Waals surface area (Å²) >= 11 is 0. The molecule has 18 heavy (non-hydrogen) atoms. The summed E-state index contributed by atoms with van der Waals surface area (Å²) in [4.78, 5) is 0. The minimum absolute atomic E-state index is 0. The quantitative estimate of drug-likeness (QED) is 0.840. The van der Waals surface area contributed by atoms with Crippen LogP contribution >= 0.6 is 12.4 Å². The lowest BCUT2D eigenvalue weighted by Gasteiger charge is -2.22. The average Bonchev–Trinajstić information content (AvgIpc) is 2.25. The molecule has 0 saturated heterocycles. The van der Waals surface area contributed by atoms with Gasteiger partial charge < -0.3 is 10.8 Å². The first-order valence-corrected chi connectivity index (χ1v) is 5.08. The number of benzene rings is 1. The van der Waals surface area contributed by atoms with Crippen LogP contribution in [0.1, 0.15) is 30.5 Å². The normalized spacial score (nSPS) is 14.8.